The topological polar surface area (TPSA) is 53.6 Å². The summed E-state index contributed by atoms with van der Waals surface area (Å²) in [6.45, 7) is 2.33. The minimum absolute atomic E-state index is 0.0255. The molecule has 4 nitrogen and oxygen atoms in total. The van der Waals surface area contributed by atoms with Crippen LogP contribution < -0.4 is 5.32 Å². The molecule has 25 heavy (non-hydrogen) atoms. The van der Waals surface area contributed by atoms with Crippen LogP contribution in [0, 0.1) is 6.92 Å². The van der Waals surface area contributed by atoms with Crippen molar-refractivity contribution in [3.8, 4) is 0 Å². The number of nitrogens with one attached hydrogen (secondary N) is 2. The third-order valence-electron chi connectivity index (χ3n) is 4.71. The third kappa shape index (κ3) is 2.94. The molecule has 1 saturated carbocycles. The van der Waals surface area contributed by atoms with Crippen molar-refractivity contribution in [3.63, 3.8) is 0 Å². The molecule has 0 radical (unpaired) electrons. The first kappa shape index (κ1) is 15.9. The van der Waals surface area contributed by atoms with E-state index >= 15 is 0 Å². The molecule has 0 bridgehead atoms. The van der Waals surface area contributed by atoms with Crippen LogP contribution in [0.1, 0.15) is 29.9 Å². The highest BCUT2D eigenvalue weighted by atomic mass is 19.4. The molecular formula is C18H17F3N4. The van der Waals surface area contributed by atoms with Gasteiger partial charge in [0.05, 0.1) is 5.39 Å². The summed E-state index contributed by atoms with van der Waals surface area (Å²) in [6, 6.07) is 11.8. The Morgan fingerprint density at radius 2 is 1.88 bits per heavy atom. The zero-order chi connectivity index (χ0) is 17.7. The predicted molar refractivity (Wildman–Crippen MR) is 89.5 cm³/mol. The average Bonchev–Trinajstić information content (AvgIpc) is 3.27. The summed E-state index contributed by atoms with van der Waals surface area (Å²) in [7, 11) is 0. The fraction of sp³-hybridized carbons (Fsp3) is 0.333. The fourth-order valence-corrected chi connectivity index (χ4v) is 3.17. The van der Waals surface area contributed by atoms with Gasteiger partial charge >= 0.3 is 6.18 Å². The molecule has 2 aromatic heterocycles. The summed E-state index contributed by atoms with van der Waals surface area (Å²) >= 11 is 0. The van der Waals surface area contributed by atoms with E-state index in [0.29, 0.717) is 11.9 Å². The highest BCUT2D eigenvalue weighted by Crippen LogP contribution is 2.48. The lowest BCUT2D eigenvalue weighted by Crippen LogP contribution is -2.21. The Morgan fingerprint density at radius 1 is 1.16 bits per heavy atom. The number of nitrogens with zero attached hydrogens (tertiary/aromatic N) is 2. The van der Waals surface area contributed by atoms with Gasteiger partial charge in [-0.1, -0.05) is 30.3 Å². The van der Waals surface area contributed by atoms with Gasteiger partial charge in [0.15, 0.2) is 0 Å². The van der Waals surface area contributed by atoms with Crippen LogP contribution in [-0.4, -0.2) is 21.5 Å². The van der Waals surface area contributed by atoms with Crippen LogP contribution in [0.15, 0.2) is 36.4 Å². The highest BCUT2D eigenvalue weighted by molar-refractivity contribution is 5.88. The normalized spacial score (nSPS) is 16.2. The van der Waals surface area contributed by atoms with E-state index in [1.807, 2.05) is 18.2 Å². The SMILES string of the molecule is Cc1cc2c(NCC3(c4ccccc4)CC3)nc(C(F)(F)F)nc2[nH]1. The molecule has 2 heterocycles. The van der Waals surface area contributed by atoms with Crippen LogP contribution >= 0.6 is 0 Å². The van der Waals surface area contributed by atoms with Crippen molar-refractivity contribution in [1.29, 1.82) is 0 Å². The van der Waals surface area contributed by atoms with Gasteiger partial charge in [-0.2, -0.15) is 13.2 Å². The second-order valence-electron chi connectivity index (χ2n) is 6.61. The number of aromatic nitrogens is 3. The zero-order valence-electron chi connectivity index (χ0n) is 13.6. The number of alkyl halides is 3. The van der Waals surface area contributed by atoms with Gasteiger partial charge in [0.2, 0.25) is 5.82 Å². The zero-order valence-corrected chi connectivity index (χ0v) is 13.6. The molecule has 0 amide bonds. The maximum atomic E-state index is 13.1. The van der Waals surface area contributed by atoms with Gasteiger partial charge in [0.1, 0.15) is 11.5 Å². The van der Waals surface area contributed by atoms with Crippen LogP contribution in [0.25, 0.3) is 11.0 Å². The van der Waals surface area contributed by atoms with E-state index in [1.165, 1.54) is 5.56 Å². The Labute approximate surface area is 142 Å². The molecule has 1 aliphatic carbocycles. The smallest absolute Gasteiger partial charge is 0.368 e. The van der Waals surface area contributed by atoms with Crippen molar-refractivity contribution in [2.75, 3.05) is 11.9 Å². The monoisotopic (exact) mass is 346 g/mol. The number of H-pyrrole nitrogens is 1. The van der Waals surface area contributed by atoms with Gasteiger partial charge in [-0.05, 0) is 31.4 Å². The lowest BCUT2D eigenvalue weighted by atomic mass is 9.96. The Kier molecular flexibility index (Phi) is 3.49. The molecule has 7 heteroatoms. The van der Waals surface area contributed by atoms with Crippen LogP contribution in [0.3, 0.4) is 0 Å². The Bertz CT molecular complexity index is 911. The first-order chi connectivity index (χ1) is 11.9. The maximum Gasteiger partial charge on any atom is 0.451 e. The average molecular weight is 346 g/mol. The number of benzene rings is 1. The molecule has 1 fully saturated rings. The van der Waals surface area contributed by atoms with Crippen molar-refractivity contribution in [2.24, 2.45) is 0 Å². The molecule has 0 atom stereocenters. The van der Waals surface area contributed by atoms with Gasteiger partial charge < -0.3 is 10.3 Å². The van der Waals surface area contributed by atoms with Crippen molar-refractivity contribution < 1.29 is 13.2 Å². The summed E-state index contributed by atoms with van der Waals surface area (Å²) in [4.78, 5) is 10.2. The Hall–Kier alpha value is -2.57. The van der Waals surface area contributed by atoms with Crippen molar-refractivity contribution in [2.45, 2.75) is 31.4 Å². The first-order valence-corrected chi connectivity index (χ1v) is 8.11. The maximum absolute atomic E-state index is 13.1. The number of aromatic amines is 1. The molecule has 0 spiro atoms. The number of aryl methyl sites for hydroxylation is 1. The Morgan fingerprint density at radius 3 is 2.52 bits per heavy atom. The molecular weight excluding hydrogens is 329 g/mol. The molecule has 3 aromatic rings. The molecule has 2 N–H and O–H groups in total. The lowest BCUT2D eigenvalue weighted by molar-refractivity contribution is -0.144. The molecule has 0 saturated heterocycles. The highest BCUT2D eigenvalue weighted by Gasteiger charge is 2.44. The summed E-state index contributed by atoms with van der Waals surface area (Å²) in [6.07, 6.45) is -2.56. The van der Waals surface area contributed by atoms with Crippen LogP contribution in [0.2, 0.25) is 0 Å². The standard InChI is InChI=1S/C18H17F3N4/c1-11-9-13-14(24-16(18(19,20)21)25-15(13)23-11)22-10-17(7-8-17)12-5-3-2-4-6-12/h2-6,9H,7-8,10H2,1H3,(H2,22,23,24,25). The molecule has 1 aromatic carbocycles. The third-order valence-corrected chi connectivity index (χ3v) is 4.71. The number of fused-ring (bicyclic) bond motifs is 1. The first-order valence-electron chi connectivity index (χ1n) is 8.11. The van der Waals surface area contributed by atoms with Crippen molar-refractivity contribution in [1.82, 2.24) is 15.0 Å². The van der Waals surface area contributed by atoms with Gasteiger partial charge in [0.25, 0.3) is 0 Å². The minimum atomic E-state index is -4.58. The minimum Gasteiger partial charge on any atom is -0.368 e. The molecule has 0 aliphatic heterocycles. The van der Waals surface area contributed by atoms with E-state index in [0.717, 1.165) is 18.5 Å². The number of hydrogen-bond donors (Lipinski definition) is 2. The van der Waals surface area contributed by atoms with Crippen LogP contribution in [0.5, 0.6) is 0 Å². The van der Waals surface area contributed by atoms with Gasteiger partial charge in [-0.25, -0.2) is 9.97 Å². The Balaban J connectivity index is 1.67. The van der Waals surface area contributed by atoms with Crippen LogP contribution in [-0.2, 0) is 11.6 Å². The number of rotatable bonds is 4. The van der Waals surface area contributed by atoms with E-state index in [1.54, 1.807) is 13.0 Å². The van der Waals surface area contributed by atoms with Gasteiger partial charge in [-0.15, -0.1) is 0 Å². The number of anilines is 1. The molecule has 4 rings (SSSR count). The molecule has 130 valence electrons. The summed E-state index contributed by atoms with van der Waals surface area (Å²) in [5.41, 5.74) is 2.12. The summed E-state index contributed by atoms with van der Waals surface area (Å²) < 4.78 is 39.3. The van der Waals surface area contributed by atoms with Gasteiger partial charge in [0, 0.05) is 17.7 Å². The van der Waals surface area contributed by atoms with Crippen molar-refractivity contribution >= 4 is 16.9 Å². The predicted octanol–water partition coefficient (Wildman–Crippen LogP) is 4.43. The van der Waals surface area contributed by atoms with Crippen LogP contribution in [0.4, 0.5) is 19.0 Å². The van der Waals surface area contributed by atoms with Crippen molar-refractivity contribution in [3.05, 3.63) is 53.5 Å². The van der Waals surface area contributed by atoms with E-state index < -0.39 is 12.0 Å². The van der Waals surface area contributed by atoms with E-state index in [-0.39, 0.29) is 16.9 Å². The largest absolute Gasteiger partial charge is 0.451 e. The second-order valence-corrected chi connectivity index (χ2v) is 6.61. The quantitative estimate of drug-likeness (QED) is 0.735. The molecule has 1 aliphatic rings. The molecule has 0 unspecified atom stereocenters. The van der Waals surface area contributed by atoms with Gasteiger partial charge in [-0.3, -0.25) is 0 Å². The summed E-state index contributed by atoms with van der Waals surface area (Å²) in [5, 5.41) is 3.72. The van der Waals surface area contributed by atoms with E-state index in [4.69, 9.17) is 0 Å². The van der Waals surface area contributed by atoms with E-state index in [9.17, 15) is 13.2 Å². The summed E-state index contributed by atoms with van der Waals surface area (Å²) in [5.74, 6) is -0.905. The second kappa shape index (κ2) is 5.47. The van der Waals surface area contributed by atoms with E-state index in [2.05, 4.69) is 32.4 Å². The number of halogens is 3. The number of hydrogen-bond acceptors (Lipinski definition) is 3. The lowest BCUT2D eigenvalue weighted by Gasteiger charge is -2.18. The fourth-order valence-electron chi connectivity index (χ4n) is 3.17.